The van der Waals surface area contributed by atoms with E-state index in [4.69, 9.17) is 10.5 Å². The number of ether oxygens (including phenoxy) is 1. The monoisotopic (exact) mass is 217 g/mol. The molecule has 1 aromatic carbocycles. The molecule has 15 heavy (non-hydrogen) atoms. The average molecular weight is 217 g/mol. The molecule has 0 fully saturated rings. The van der Waals surface area contributed by atoms with Gasteiger partial charge in [-0.25, -0.2) is 8.78 Å². The fourth-order valence-electron chi connectivity index (χ4n) is 1.36. The second-order valence-electron chi connectivity index (χ2n) is 3.10. The zero-order chi connectivity index (χ0) is 11.4. The molecule has 3 N–H and O–H groups in total. The van der Waals surface area contributed by atoms with Crippen LogP contribution >= 0.6 is 0 Å². The van der Waals surface area contributed by atoms with Crippen LogP contribution in [0.15, 0.2) is 12.1 Å². The second-order valence-corrected chi connectivity index (χ2v) is 3.10. The number of hydrogen-bond acceptors (Lipinski definition) is 3. The van der Waals surface area contributed by atoms with Crippen LogP contribution in [-0.4, -0.2) is 18.8 Å². The molecule has 0 aliphatic heterocycles. The second kappa shape index (κ2) is 5.04. The van der Waals surface area contributed by atoms with E-state index in [0.29, 0.717) is 6.07 Å². The zero-order valence-electron chi connectivity index (χ0n) is 8.34. The number of aliphatic hydroxyl groups excluding tert-OH is 1. The highest BCUT2D eigenvalue weighted by Gasteiger charge is 2.19. The summed E-state index contributed by atoms with van der Waals surface area (Å²) in [6, 6.07) is 1.73. The Labute approximate surface area is 86.5 Å². The molecule has 5 heteroatoms. The molecule has 1 aromatic rings. The van der Waals surface area contributed by atoms with E-state index in [2.05, 4.69) is 0 Å². The van der Waals surface area contributed by atoms with Gasteiger partial charge in [-0.2, -0.15) is 0 Å². The molecule has 0 aliphatic rings. The summed E-state index contributed by atoms with van der Waals surface area (Å²) in [6.07, 6.45) is -0.885. The Balaban J connectivity index is 3.14. The van der Waals surface area contributed by atoms with Gasteiger partial charge in [0.05, 0.1) is 18.8 Å². The average Bonchev–Trinajstić information content (AvgIpc) is 2.16. The lowest BCUT2D eigenvalue weighted by Crippen LogP contribution is -2.10. The summed E-state index contributed by atoms with van der Waals surface area (Å²) in [6.45, 7) is 0.209. The van der Waals surface area contributed by atoms with Gasteiger partial charge in [-0.1, -0.05) is 0 Å². The van der Waals surface area contributed by atoms with Gasteiger partial charge in [-0.05, 0) is 13.0 Å². The summed E-state index contributed by atoms with van der Waals surface area (Å²) in [5.74, 6) is -1.57. The van der Waals surface area contributed by atoms with Crippen molar-refractivity contribution < 1.29 is 18.6 Å². The van der Waals surface area contributed by atoms with Crippen LogP contribution in [0.5, 0.6) is 5.75 Å². The molecule has 3 nitrogen and oxygen atoms in total. The first-order valence-electron chi connectivity index (χ1n) is 4.51. The molecule has 0 aliphatic carbocycles. The predicted molar refractivity (Wildman–Crippen MR) is 51.5 cm³/mol. The largest absolute Gasteiger partial charge is 0.496 e. The Morgan fingerprint density at radius 2 is 2.13 bits per heavy atom. The van der Waals surface area contributed by atoms with Crippen LogP contribution < -0.4 is 10.5 Å². The first-order valence-corrected chi connectivity index (χ1v) is 4.51. The molecule has 1 rings (SSSR count). The van der Waals surface area contributed by atoms with E-state index in [9.17, 15) is 13.9 Å². The normalized spacial score (nSPS) is 12.6. The summed E-state index contributed by atoms with van der Waals surface area (Å²) < 4.78 is 31.0. The maximum Gasteiger partial charge on any atom is 0.135 e. The number of halogens is 2. The Kier molecular flexibility index (Phi) is 3.99. The quantitative estimate of drug-likeness (QED) is 0.800. The van der Waals surface area contributed by atoms with E-state index in [-0.39, 0.29) is 24.3 Å². The van der Waals surface area contributed by atoms with E-state index in [1.807, 2.05) is 0 Å². The summed E-state index contributed by atoms with van der Waals surface area (Å²) in [5, 5.41) is 9.58. The Hall–Kier alpha value is -1.20. The molecule has 0 saturated carbocycles. The van der Waals surface area contributed by atoms with Crippen LogP contribution in [0.1, 0.15) is 18.1 Å². The highest BCUT2D eigenvalue weighted by Crippen LogP contribution is 2.30. The van der Waals surface area contributed by atoms with Crippen molar-refractivity contribution in [1.29, 1.82) is 0 Å². The fraction of sp³-hybridized carbons (Fsp3) is 0.400. The standard InChI is InChI=1S/C10H13F2NO2/c1-15-9-5-6(11)4-7(12)10(9)8(14)2-3-13/h4-5,8,14H,2-3,13H2,1H3/t8-/m1/s1. The van der Waals surface area contributed by atoms with E-state index in [1.165, 1.54) is 7.11 Å². The summed E-state index contributed by atoms with van der Waals surface area (Å²) in [5.41, 5.74) is 5.19. The third-order valence-corrected chi connectivity index (χ3v) is 2.05. The minimum absolute atomic E-state index is 0.00606. The number of hydrogen-bond donors (Lipinski definition) is 2. The molecule has 84 valence electrons. The van der Waals surface area contributed by atoms with Crippen LogP contribution in [0.3, 0.4) is 0 Å². The maximum absolute atomic E-state index is 13.4. The van der Waals surface area contributed by atoms with Gasteiger partial charge in [-0.15, -0.1) is 0 Å². The van der Waals surface area contributed by atoms with E-state index >= 15 is 0 Å². The van der Waals surface area contributed by atoms with Crippen molar-refractivity contribution in [3.63, 3.8) is 0 Å². The van der Waals surface area contributed by atoms with Gasteiger partial charge >= 0.3 is 0 Å². The number of nitrogens with two attached hydrogens (primary N) is 1. The van der Waals surface area contributed by atoms with Crippen molar-refractivity contribution in [1.82, 2.24) is 0 Å². The van der Waals surface area contributed by atoms with Gasteiger partial charge in [0.1, 0.15) is 17.4 Å². The fourth-order valence-corrected chi connectivity index (χ4v) is 1.36. The zero-order valence-corrected chi connectivity index (χ0v) is 8.34. The smallest absolute Gasteiger partial charge is 0.135 e. The Bertz CT molecular complexity index is 344. The van der Waals surface area contributed by atoms with Crippen LogP contribution in [0.2, 0.25) is 0 Å². The first-order chi connectivity index (χ1) is 7.10. The molecule has 0 saturated heterocycles. The molecule has 0 aromatic heterocycles. The number of benzene rings is 1. The minimum Gasteiger partial charge on any atom is -0.496 e. The van der Waals surface area contributed by atoms with Gasteiger partial charge in [0.2, 0.25) is 0 Å². The third kappa shape index (κ3) is 2.64. The molecule has 0 unspecified atom stereocenters. The molecule has 1 atom stereocenters. The third-order valence-electron chi connectivity index (χ3n) is 2.05. The highest BCUT2D eigenvalue weighted by molar-refractivity contribution is 5.37. The van der Waals surface area contributed by atoms with Crippen LogP contribution in [0, 0.1) is 11.6 Å². The molecule has 0 heterocycles. The molecule has 0 radical (unpaired) electrons. The Morgan fingerprint density at radius 3 is 2.67 bits per heavy atom. The molecule has 0 spiro atoms. The molecule has 0 amide bonds. The number of aliphatic hydroxyl groups is 1. The SMILES string of the molecule is COc1cc(F)cc(F)c1[C@H](O)CCN. The predicted octanol–water partition coefficient (Wildman–Crippen LogP) is 1.36. The number of rotatable bonds is 4. The van der Waals surface area contributed by atoms with E-state index in [1.54, 1.807) is 0 Å². The van der Waals surface area contributed by atoms with Crippen LogP contribution in [0.25, 0.3) is 0 Å². The van der Waals surface area contributed by atoms with Gasteiger partial charge in [-0.3, -0.25) is 0 Å². The lowest BCUT2D eigenvalue weighted by molar-refractivity contribution is 0.161. The summed E-state index contributed by atoms with van der Waals surface area (Å²) >= 11 is 0. The topological polar surface area (TPSA) is 55.5 Å². The van der Waals surface area contributed by atoms with Crippen molar-refractivity contribution in [2.75, 3.05) is 13.7 Å². The number of methoxy groups -OCH3 is 1. The lowest BCUT2D eigenvalue weighted by Gasteiger charge is -2.14. The molecule has 0 bridgehead atoms. The van der Waals surface area contributed by atoms with Gasteiger partial charge < -0.3 is 15.6 Å². The summed E-state index contributed by atoms with van der Waals surface area (Å²) in [4.78, 5) is 0. The van der Waals surface area contributed by atoms with E-state index < -0.39 is 17.7 Å². The lowest BCUT2D eigenvalue weighted by atomic mass is 10.0. The van der Waals surface area contributed by atoms with Crippen molar-refractivity contribution in [2.24, 2.45) is 5.73 Å². The van der Waals surface area contributed by atoms with Crippen molar-refractivity contribution in [3.05, 3.63) is 29.3 Å². The Morgan fingerprint density at radius 1 is 1.47 bits per heavy atom. The van der Waals surface area contributed by atoms with Crippen molar-refractivity contribution in [3.8, 4) is 5.75 Å². The first kappa shape index (κ1) is 11.9. The van der Waals surface area contributed by atoms with Gasteiger partial charge in [0, 0.05) is 12.1 Å². The molecular formula is C10H13F2NO2. The molecular weight excluding hydrogens is 204 g/mol. The van der Waals surface area contributed by atoms with Gasteiger partial charge in [0.15, 0.2) is 0 Å². The van der Waals surface area contributed by atoms with Gasteiger partial charge in [0.25, 0.3) is 0 Å². The van der Waals surface area contributed by atoms with Crippen molar-refractivity contribution >= 4 is 0 Å². The van der Waals surface area contributed by atoms with E-state index in [0.717, 1.165) is 6.07 Å². The van der Waals surface area contributed by atoms with Crippen LogP contribution in [-0.2, 0) is 0 Å². The summed E-state index contributed by atoms with van der Waals surface area (Å²) in [7, 11) is 1.28. The maximum atomic E-state index is 13.4. The van der Waals surface area contributed by atoms with Crippen molar-refractivity contribution in [2.45, 2.75) is 12.5 Å². The minimum atomic E-state index is -1.08. The highest BCUT2D eigenvalue weighted by atomic mass is 19.1. The van der Waals surface area contributed by atoms with Crippen LogP contribution in [0.4, 0.5) is 8.78 Å².